The van der Waals surface area contributed by atoms with Crippen LogP contribution in [-0.4, -0.2) is 15.0 Å². The van der Waals surface area contributed by atoms with Crippen molar-refractivity contribution in [3.8, 4) is 45.3 Å². The second-order valence-electron chi connectivity index (χ2n) is 11.9. The summed E-state index contributed by atoms with van der Waals surface area (Å²) in [5.74, 6) is 2.13. The van der Waals surface area contributed by atoms with Gasteiger partial charge in [0.25, 0.3) is 0 Å². The summed E-state index contributed by atoms with van der Waals surface area (Å²) in [6.45, 7) is 0. The minimum atomic E-state index is 0.0354. The van der Waals surface area contributed by atoms with Crippen LogP contribution in [0.4, 0.5) is 0 Å². The van der Waals surface area contributed by atoms with E-state index in [1.165, 1.54) is 74.5 Å². The largest absolute Gasteiger partial charge is 0.208 e. The van der Waals surface area contributed by atoms with Crippen LogP contribution in [0.25, 0.3) is 65.5 Å². The fourth-order valence-electron chi connectivity index (χ4n) is 7.48. The number of rotatable bonds is 3. The lowest BCUT2D eigenvalue weighted by Crippen LogP contribution is -2.28. The summed E-state index contributed by atoms with van der Waals surface area (Å²) >= 11 is 1.91. The third kappa shape index (κ3) is 3.90. The monoisotopic (exact) mass is 571 g/mol. The molecule has 4 heteroatoms. The first-order valence-electron chi connectivity index (χ1n) is 15.2. The SMILES string of the molecule is c1ccc(-c2nc(-c3ccccc3)nc(-c3ccc4c(c3)C3(CCCCC3)c3cc5c(cc3-4)sc3ccccc35)n2)cc1. The van der Waals surface area contributed by atoms with Crippen LogP contribution in [0.2, 0.25) is 0 Å². The van der Waals surface area contributed by atoms with Gasteiger partial charge in [-0.1, -0.05) is 110 Å². The Hall–Kier alpha value is -4.67. The van der Waals surface area contributed by atoms with Crippen LogP contribution in [0.1, 0.15) is 43.2 Å². The van der Waals surface area contributed by atoms with E-state index in [0.29, 0.717) is 11.6 Å². The molecule has 2 heterocycles. The molecule has 0 bridgehead atoms. The lowest BCUT2D eigenvalue weighted by atomic mass is 9.67. The predicted octanol–water partition coefficient (Wildman–Crippen LogP) is 10.5. The summed E-state index contributed by atoms with van der Waals surface area (Å²) in [4.78, 5) is 15.0. The summed E-state index contributed by atoms with van der Waals surface area (Å²) in [6, 6.07) is 41.3. The van der Waals surface area contributed by atoms with Gasteiger partial charge in [0, 0.05) is 42.3 Å². The number of thiophene rings is 1. The Labute approximate surface area is 255 Å². The highest BCUT2D eigenvalue weighted by molar-refractivity contribution is 7.25. The predicted molar refractivity (Wildman–Crippen MR) is 178 cm³/mol. The van der Waals surface area contributed by atoms with E-state index in [1.54, 1.807) is 0 Å². The van der Waals surface area contributed by atoms with Gasteiger partial charge in [-0.2, -0.15) is 0 Å². The van der Waals surface area contributed by atoms with Crippen molar-refractivity contribution in [2.75, 3.05) is 0 Å². The molecule has 0 atom stereocenters. The molecule has 0 amide bonds. The minimum absolute atomic E-state index is 0.0354. The minimum Gasteiger partial charge on any atom is -0.208 e. The zero-order valence-electron chi connectivity index (χ0n) is 23.8. The fraction of sp³-hybridized carbons (Fsp3) is 0.154. The van der Waals surface area contributed by atoms with Gasteiger partial charge in [-0.25, -0.2) is 15.0 Å². The fourth-order valence-corrected chi connectivity index (χ4v) is 8.61. The van der Waals surface area contributed by atoms with Crippen LogP contribution in [0, 0.1) is 0 Å². The Morgan fingerprint density at radius 2 is 1.07 bits per heavy atom. The van der Waals surface area contributed by atoms with Gasteiger partial charge < -0.3 is 0 Å². The van der Waals surface area contributed by atoms with E-state index in [-0.39, 0.29) is 5.41 Å². The molecule has 1 fully saturated rings. The Morgan fingerprint density at radius 1 is 0.465 bits per heavy atom. The molecule has 2 aliphatic carbocycles. The van der Waals surface area contributed by atoms with Crippen LogP contribution >= 0.6 is 11.3 Å². The summed E-state index contributed by atoms with van der Waals surface area (Å²) in [7, 11) is 0. The average molecular weight is 572 g/mol. The summed E-state index contributed by atoms with van der Waals surface area (Å²) in [5, 5.41) is 2.77. The number of benzene rings is 5. The van der Waals surface area contributed by atoms with Gasteiger partial charge in [0.15, 0.2) is 17.5 Å². The highest BCUT2D eigenvalue weighted by Gasteiger charge is 2.44. The topological polar surface area (TPSA) is 38.7 Å². The molecule has 0 radical (unpaired) electrons. The zero-order chi connectivity index (χ0) is 28.4. The van der Waals surface area contributed by atoms with E-state index in [4.69, 9.17) is 15.0 Å². The molecule has 2 aliphatic rings. The van der Waals surface area contributed by atoms with Crippen LogP contribution < -0.4 is 0 Å². The molecule has 1 saturated carbocycles. The summed E-state index contributed by atoms with van der Waals surface area (Å²) in [5.41, 5.74) is 8.83. The third-order valence-corrected chi connectivity index (χ3v) is 10.7. The van der Waals surface area contributed by atoms with Crippen LogP contribution in [0.3, 0.4) is 0 Å². The second-order valence-corrected chi connectivity index (χ2v) is 13.0. The van der Waals surface area contributed by atoms with Gasteiger partial charge >= 0.3 is 0 Å². The van der Waals surface area contributed by atoms with Crippen LogP contribution in [0.15, 0.2) is 115 Å². The maximum atomic E-state index is 5.06. The molecule has 0 saturated heterocycles. The number of hydrogen-bond donors (Lipinski definition) is 0. The van der Waals surface area contributed by atoms with E-state index < -0.39 is 0 Å². The van der Waals surface area contributed by atoms with Crippen molar-refractivity contribution in [3.05, 3.63) is 126 Å². The lowest BCUT2D eigenvalue weighted by Gasteiger charge is -2.36. The van der Waals surface area contributed by atoms with Crippen molar-refractivity contribution in [3.63, 3.8) is 0 Å². The van der Waals surface area contributed by atoms with Gasteiger partial charge in [-0.3, -0.25) is 0 Å². The highest BCUT2D eigenvalue weighted by Crippen LogP contribution is 2.57. The molecule has 1 spiro atoms. The first kappa shape index (κ1) is 24.9. The first-order chi connectivity index (χ1) is 21.3. The third-order valence-electron chi connectivity index (χ3n) is 9.52. The molecule has 0 aliphatic heterocycles. The van der Waals surface area contributed by atoms with Crippen LogP contribution in [-0.2, 0) is 5.41 Å². The summed E-state index contributed by atoms with van der Waals surface area (Å²) in [6.07, 6.45) is 6.20. The lowest BCUT2D eigenvalue weighted by molar-refractivity contribution is 0.353. The molecular formula is C39H29N3S. The number of aromatic nitrogens is 3. The number of hydrogen-bond acceptors (Lipinski definition) is 4. The first-order valence-corrected chi connectivity index (χ1v) is 16.1. The molecule has 9 rings (SSSR count). The van der Waals surface area contributed by atoms with E-state index in [0.717, 1.165) is 22.5 Å². The van der Waals surface area contributed by atoms with Crippen molar-refractivity contribution in [2.45, 2.75) is 37.5 Å². The molecular weight excluding hydrogens is 543 g/mol. The quantitative estimate of drug-likeness (QED) is 0.212. The van der Waals surface area contributed by atoms with Crippen LogP contribution in [0.5, 0.6) is 0 Å². The van der Waals surface area contributed by atoms with E-state index in [2.05, 4.69) is 78.9 Å². The van der Waals surface area contributed by atoms with Gasteiger partial charge in [0.2, 0.25) is 0 Å². The van der Waals surface area contributed by atoms with Gasteiger partial charge in [0.05, 0.1) is 0 Å². The highest BCUT2D eigenvalue weighted by atomic mass is 32.1. The molecule has 0 N–H and O–H groups in total. The van der Waals surface area contributed by atoms with Crippen molar-refractivity contribution in [1.82, 2.24) is 15.0 Å². The molecule has 0 unspecified atom stereocenters. The number of nitrogens with zero attached hydrogens (tertiary/aromatic N) is 3. The van der Waals surface area contributed by atoms with Gasteiger partial charge in [0.1, 0.15) is 0 Å². The zero-order valence-corrected chi connectivity index (χ0v) is 24.6. The number of fused-ring (bicyclic) bond motifs is 8. The maximum Gasteiger partial charge on any atom is 0.164 e. The average Bonchev–Trinajstić information content (AvgIpc) is 3.57. The maximum absolute atomic E-state index is 5.06. The second kappa shape index (κ2) is 9.68. The molecule has 5 aromatic carbocycles. The molecule has 43 heavy (non-hydrogen) atoms. The van der Waals surface area contributed by atoms with E-state index in [1.807, 2.05) is 47.7 Å². The Morgan fingerprint density at radius 3 is 1.77 bits per heavy atom. The van der Waals surface area contributed by atoms with Gasteiger partial charge in [-0.05, 0) is 59.4 Å². The Kier molecular flexibility index (Phi) is 5.60. The smallest absolute Gasteiger partial charge is 0.164 e. The molecule has 2 aromatic heterocycles. The molecule has 206 valence electrons. The van der Waals surface area contributed by atoms with Gasteiger partial charge in [-0.15, -0.1) is 11.3 Å². The van der Waals surface area contributed by atoms with Crippen molar-refractivity contribution >= 4 is 31.5 Å². The standard InChI is InChI=1S/C39H29N3S/c1-4-12-25(13-5-1)36-40-37(26-14-6-2-7-15-26)42-38(41-36)27-18-19-28-30-24-35-31(29-16-8-9-17-34(29)43-35)23-33(30)39(32(28)22-27)20-10-3-11-21-39/h1-2,4-9,12-19,22-24H,3,10-11,20-21H2. The van der Waals surface area contributed by atoms with Crippen molar-refractivity contribution < 1.29 is 0 Å². The Bertz CT molecular complexity index is 2100. The van der Waals surface area contributed by atoms with Crippen molar-refractivity contribution in [1.29, 1.82) is 0 Å². The van der Waals surface area contributed by atoms with Crippen molar-refractivity contribution in [2.24, 2.45) is 0 Å². The van der Waals surface area contributed by atoms with E-state index >= 15 is 0 Å². The van der Waals surface area contributed by atoms with E-state index in [9.17, 15) is 0 Å². The Balaban J connectivity index is 1.25. The molecule has 7 aromatic rings. The molecule has 3 nitrogen and oxygen atoms in total. The normalized spacial score (nSPS) is 15.2. The summed E-state index contributed by atoms with van der Waals surface area (Å²) < 4.78 is 2.74.